The van der Waals surface area contributed by atoms with Gasteiger partial charge in [-0.05, 0) is 25.2 Å². The standard InChI is InChI=1S/C28H51N3O7/c1-7-8-9-10-11-12-13-14-15-18(4)24-19(5)25(34)30-22(17(2)3)26(35)31-23(20(6)33)27(36)29-21(16-32)28(37)38-24/h17-24,32-33H,7-16H2,1-6H3,(H,29,36)(H,30,34)(H,31,35). The Morgan fingerprint density at radius 2 is 1.32 bits per heavy atom. The Bertz CT molecular complexity index is 759. The van der Waals surface area contributed by atoms with Crippen LogP contribution in [0.4, 0.5) is 0 Å². The van der Waals surface area contributed by atoms with Crippen LogP contribution in [0.2, 0.25) is 0 Å². The van der Waals surface area contributed by atoms with Gasteiger partial charge in [-0.15, -0.1) is 0 Å². The van der Waals surface area contributed by atoms with Crippen LogP contribution in [0.1, 0.15) is 99.3 Å². The number of aliphatic hydroxyl groups excluding tert-OH is 2. The summed E-state index contributed by atoms with van der Waals surface area (Å²) in [5, 5.41) is 27.5. The second-order valence-corrected chi connectivity index (χ2v) is 11.1. The Balaban J connectivity index is 3.10. The highest BCUT2D eigenvalue weighted by molar-refractivity contribution is 5.94. The van der Waals surface area contributed by atoms with Gasteiger partial charge in [-0.2, -0.15) is 0 Å². The summed E-state index contributed by atoms with van der Waals surface area (Å²) in [7, 11) is 0. The molecule has 0 bridgehead atoms. The summed E-state index contributed by atoms with van der Waals surface area (Å²) >= 11 is 0. The van der Waals surface area contributed by atoms with E-state index in [0.717, 1.165) is 25.7 Å². The van der Waals surface area contributed by atoms with Crippen molar-refractivity contribution >= 4 is 23.7 Å². The summed E-state index contributed by atoms with van der Waals surface area (Å²) in [4.78, 5) is 52.1. The van der Waals surface area contributed by atoms with Crippen molar-refractivity contribution in [3.63, 3.8) is 0 Å². The number of unbranched alkanes of at least 4 members (excludes halogenated alkanes) is 7. The van der Waals surface area contributed by atoms with Crippen molar-refractivity contribution in [3.8, 4) is 0 Å². The van der Waals surface area contributed by atoms with Crippen molar-refractivity contribution in [2.24, 2.45) is 17.8 Å². The number of carbonyl (C=O) groups excluding carboxylic acids is 4. The average molecular weight is 542 g/mol. The van der Waals surface area contributed by atoms with Gasteiger partial charge in [0.2, 0.25) is 17.7 Å². The molecule has 0 aromatic heterocycles. The van der Waals surface area contributed by atoms with Crippen molar-refractivity contribution < 1.29 is 34.1 Å². The lowest BCUT2D eigenvalue weighted by Gasteiger charge is -2.31. The molecule has 7 atom stereocenters. The number of carbonyl (C=O) groups is 4. The van der Waals surface area contributed by atoms with E-state index in [2.05, 4.69) is 22.9 Å². The SMILES string of the molecule is CCCCCCCCCCC(C)C1OC(=O)C(CO)NC(=O)C(C(C)O)NC(=O)C(C(C)C)NC(=O)C1C. The fourth-order valence-corrected chi connectivity index (χ4v) is 4.75. The van der Waals surface area contributed by atoms with Crippen molar-refractivity contribution in [1.29, 1.82) is 0 Å². The molecule has 0 saturated carbocycles. The van der Waals surface area contributed by atoms with E-state index in [9.17, 15) is 29.4 Å². The van der Waals surface area contributed by atoms with Crippen molar-refractivity contribution in [3.05, 3.63) is 0 Å². The summed E-state index contributed by atoms with van der Waals surface area (Å²) < 4.78 is 5.76. The largest absolute Gasteiger partial charge is 0.460 e. The topological polar surface area (TPSA) is 154 Å². The molecule has 0 aromatic rings. The molecule has 10 heteroatoms. The van der Waals surface area contributed by atoms with Crippen molar-refractivity contribution in [2.75, 3.05) is 6.61 Å². The molecule has 1 aliphatic heterocycles. The fraction of sp³-hybridized carbons (Fsp3) is 0.857. The van der Waals surface area contributed by atoms with E-state index in [0.29, 0.717) is 0 Å². The molecule has 0 aliphatic carbocycles. The molecular formula is C28H51N3O7. The molecule has 7 unspecified atom stereocenters. The van der Waals surface area contributed by atoms with Crippen LogP contribution in [0.15, 0.2) is 0 Å². The number of nitrogens with one attached hydrogen (secondary N) is 3. The highest BCUT2D eigenvalue weighted by Crippen LogP contribution is 2.24. The van der Waals surface area contributed by atoms with Crippen LogP contribution in [0, 0.1) is 17.8 Å². The quantitative estimate of drug-likeness (QED) is 0.177. The highest BCUT2D eigenvalue weighted by atomic mass is 16.5. The third-order valence-electron chi connectivity index (χ3n) is 7.33. The molecule has 1 rings (SSSR count). The molecule has 1 aliphatic rings. The molecular weight excluding hydrogens is 490 g/mol. The molecule has 5 N–H and O–H groups in total. The Kier molecular flexibility index (Phi) is 15.5. The van der Waals surface area contributed by atoms with Gasteiger partial charge in [0.1, 0.15) is 18.2 Å². The third kappa shape index (κ3) is 10.9. The minimum Gasteiger partial charge on any atom is -0.460 e. The number of amides is 3. The smallest absolute Gasteiger partial charge is 0.331 e. The zero-order valence-corrected chi connectivity index (χ0v) is 24.1. The minimum atomic E-state index is -1.41. The summed E-state index contributed by atoms with van der Waals surface area (Å²) in [5.74, 6) is -4.05. The Morgan fingerprint density at radius 1 is 0.789 bits per heavy atom. The third-order valence-corrected chi connectivity index (χ3v) is 7.33. The molecule has 1 saturated heterocycles. The molecule has 0 aromatic carbocycles. The second kappa shape index (κ2) is 17.4. The van der Waals surface area contributed by atoms with Gasteiger partial charge in [0, 0.05) is 0 Å². The molecule has 1 heterocycles. The highest BCUT2D eigenvalue weighted by Gasteiger charge is 2.39. The van der Waals surface area contributed by atoms with Crippen LogP contribution in [0.5, 0.6) is 0 Å². The Hall–Kier alpha value is -2.20. The zero-order chi connectivity index (χ0) is 28.8. The summed E-state index contributed by atoms with van der Waals surface area (Å²) in [6.07, 6.45) is 7.88. The molecule has 220 valence electrons. The minimum absolute atomic E-state index is 0.170. The monoisotopic (exact) mass is 541 g/mol. The number of rotatable bonds is 13. The molecule has 38 heavy (non-hydrogen) atoms. The molecule has 3 amide bonds. The van der Waals surface area contributed by atoms with Crippen LogP contribution in [0.3, 0.4) is 0 Å². The molecule has 1 fully saturated rings. The van der Waals surface area contributed by atoms with Crippen LogP contribution in [-0.4, -0.2) is 70.8 Å². The van der Waals surface area contributed by atoms with Gasteiger partial charge in [-0.3, -0.25) is 14.4 Å². The van der Waals surface area contributed by atoms with E-state index >= 15 is 0 Å². The van der Waals surface area contributed by atoms with Gasteiger partial charge in [-0.25, -0.2) is 4.79 Å². The average Bonchev–Trinajstić information content (AvgIpc) is 2.87. The van der Waals surface area contributed by atoms with Gasteiger partial charge < -0.3 is 30.9 Å². The lowest BCUT2D eigenvalue weighted by atomic mass is 9.88. The maximum atomic E-state index is 13.3. The van der Waals surface area contributed by atoms with Gasteiger partial charge in [-0.1, -0.05) is 86.0 Å². The van der Waals surface area contributed by atoms with E-state index in [1.165, 1.54) is 39.0 Å². The molecule has 10 nitrogen and oxygen atoms in total. The number of cyclic esters (lactones) is 1. The van der Waals surface area contributed by atoms with Gasteiger partial charge in [0.25, 0.3) is 0 Å². The first-order valence-electron chi connectivity index (χ1n) is 14.3. The maximum absolute atomic E-state index is 13.3. The van der Waals surface area contributed by atoms with Gasteiger partial charge in [0.15, 0.2) is 6.04 Å². The summed E-state index contributed by atoms with van der Waals surface area (Å²) in [6, 6.07) is -3.76. The van der Waals surface area contributed by atoms with Crippen LogP contribution in [-0.2, 0) is 23.9 Å². The predicted molar refractivity (Wildman–Crippen MR) is 145 cm³/mol. The van der Waals surface area contributed by atoms with E-state index in [4.69, 9.17) is 4.74 Å². The number of aliphatic hydroxyl groups is 2. The molecule has 0 radical (unpaired) electrons. The summed E-state index contributed by atoms with van der Waals surface area (Å²) in [6.45, 7) is 9.87. The maximum Gasteiger partial charge on any atom is 0.331 e. The zero-order valence-electron chi connectivity index (χ0n) is 24.1. The van der Waals surface area contributed by atoms with Crippen molar-refractivity contribution in [2.45, 2.75) is 130 Å². The number of ether oxygens (including phenoxy) is 1. The normalized spacial score (nSPS) is 27.2. The van der Waals surface area contributed by atoms with Crippen LogP contribution < -0.4 is 16.0 Å². The number of hydrogen-bond donors (Lipinski definition) is 5. The van der Waals surface area contributed by atoms with Crippen molar-refractivity contribution in [1.82, 2.24) is 16.0 Å². The van der Waals surface area contributed by atoms with E-state index in [-0.39, 0.29) is 11.8 Å². The predicted octanol–water partition coefficient (Wildman–Crippen LogP) is 2.20. The number of hydrogen-bond acceptors (Lipinski definition) is 7. The van der Waals surface area contributed by atoms with E-state index < -0.39 is 66.5 Å². The van der Waals surface area contributed by atoms with Crippen LogP contribution >= 0.6 is 0 Å². The lowest BCUT2D eigenvalue weighted by Crippen LogP contribution is -2.60. The lowest BCUT2D eigenvalue weighted by molar-refractivity contribution is -0.162. The van der Waals surface area contributed by atoms with E-state index in [1.807, 2.05) is 6.92 Å². The van der Waals surface area contributed by atoms with Crippen LogP contribution in [0.25, 0.3) is 0 Å². The van der Waals surface area contributed by atoms with Gasteiger partial charge >= 0.3 is 5.97 Å². The first-order valence-corrected chi connectivity index (χ1v) is 14.3. The summed E-state index contributed by atoms with van der Waals surface area (Å²) in [5.41, 5.74) is 0. The first kappa shape index (κ1) is 33.8. The fourth-order valence-electron chi connectivity index (χ4n) is 4.75. The Labute approximate surface area is 228 Å². The number of esters is 1. The Morgan fingerprint density at radius 3 is 1.84 bits per heavy atom. The van der Waals surface area contributed by atoms with Gasteiger partial charge in [0.05, 0.1) is 18.6 Å². The van der Waals surface area contributed by atoms with E-state index in [1.54, 1.807) is 20.8 Å². The first-order chi connectivity index (χ1) is 17.9. The molecule has 0 spiro atoms. The second-order valence-electron chi connectivity index (χ2n) is 11.1.